The van der Waals surface area contributed by atoms with Gasteiger partial charge in [0, 0.05) is 18.0 Å². The molecule has 2 aromatic heterocycles. The van der Waals surface area contributed by atoms with Gasteiger partial charge in [0.2, 0.25) is 0 Å². The number of allylic oxidation sites excluding steroid dienone is 3. The second-order valence-electron chi connectivity index (χ2n) is 6.54. The highest BCUT2D eigenvalue weighted by atomic mass is 16.3. The van der Waals surface area contributed by atoms with Gasteiger partial charge in [0.25, 0.3) is 0 Å². The van der Waals surface area contributed by atoms with Crippen LogP contribution in [0.15, 0.2) is 88.7 Å². The van der Waals surface area contributed by atoms with Gasteiger partial charge in [-0.3, -0.25) is 9.98 Å². The first-order valence-electron chi connectivity index (χ1n) is 9.06. The third-order valence-corrected chi connectivity index (χ3v) is 4.52. The van der Waals surface area contributed by atoms with Gasteiger partial charge in [0.05, 0.1) is 12.3 Å². The van der Waals surface area contributed by atoms with E-state index in [9.17, 15) is 0 Å². The van der Waals surface area contributed by atoms with E-state index < -0.39 is 0 Å². The number of hydrogen-bond acceptors (Lipinski definition) is 3. The summed E-state index contributed by atoms with van der Waals surface area (Å²) < 4.78 is 5.79. The maximum absolute atomic E-state index is 5.79. The summed E-state index contributed by atoms with van der Waals surface area (Å²) in [7, 11) is 0. The first kappa shape index (κ1) is 18.6. The second-order valence-corrected chi connectivity index (χ2v) is 6.54. The van der Waals surface area contributed by atoms with Crippen LogP contribution in [0.4, 0.5) is 0 Å². The molecule has 3 rings (SSSR count). The molecular weight excluding hydrogens is 332 g/mol. The molecule has 2 heterocycles. The normalized spacial score (nSPS) is 13.8. The number of aliphatic imine (C=N–C) groups is 1. The topological polar surface area (TPSA) is 38.4 Å². The molecule has 1 unspecified atom stereocenters. The highest BCUT2D eigenvalue weighted by molar-refractivity contribution is 5.97. The molecule has 0 amide bonds. The minimum atomic E-state index is 0.109. The van der Waals surface area contributed by atoms with Gasteiger partial charge in [0.1, 0.15) is 5.76 Å². The van der Waals surface area contributed by atoms with Crippen molar-refractivity contribution >= 4 is 23.4 Å². The van der Waals surface area contributed by atoms with Crippen LogP contribution in [0, 0.1) is 0 Å². The van der Waals surface area contributed by atoms with Crippen molar-refractivity contribution in [3.05, 3.63) is 96.2 Å². The smallest absolute Gasteiger partial charge is 0.134 e. The van der Waals surface area contributed by atoms with E-state index in [2.05, 4.69) is 66.9 Å². The van der Waals surface area contributed by atoms with Gasteiger partial charge in [-0.1, -0.05) is 36.4 Å². The Morgan fingerprint density at radius 3 is 2.52 bits per heavy atom. The van der Waals surface area contributed by atoms with E-state index in [1.165, 1.54) is 5.57 Å². The van der Waals surface area contributed by atoms with Crippen LogP contribution >= 0.6 is 0 Å². The fourth-order valence-corrected chi connectivity index (χ4v) is 3.02. The number of nitrogens with zero attached hydrogens (tertiary/aromatic N) is 2. The zero-order valence-electron chi connectivity index (χ0n) is 15.8. The van der Waals surface area contributed by atoms with Crippen LogP contribution < -0.4 is 0 Å². The largest absolute Gasteiger partial charge is 0.464 e. The van der Waals surface area contributed by atoms with E-state index in [1.807, 2.05) is 30.5 Å². The van der Waals surface area contributed by atoms with Crippen molar-refractivity contribution in [2.45, 2.75) is 26.3 Å². The average Bonchev–Trinajstić information content (AvgIpc) is 3.26. The van der Waals surface area contributed by atoms with E-state index in [4.69, 9.17) is 4.42 Å². The van der Waals surface area contributed by atoms with Gasteiger partial charge >= 0.3 is 0 Å². The van der Waals surface area contributed by atoms with Gasteiger partial charge in [-0.15, -0.1) is 0 Å². The van der Waals surface area contributed by atoms with Gasteiger partial charge in [-0.05, 0) is 73.5 Å². The van der Waals surface area contributed by atoms with Crippen molar-refractivity contribution in [2.75, 3.05) is 0 Å². The van der Waals surface area contributed by atoms with Crippen LogP contribution in [-0.4, -0.2) is 17.7 Å². The lowest BCUT2D eigenvalue weighted by molar-refractivity contribution is 0.554. The molecule has 0 bridgehead atoms. The Morgan fingerprint density at radius 2 is 1.89 bits per heavy atom. The van der Waals surface area contributed by atoms with E-state index in [1.54, 1.807) is 12.5 Å². The lowest BCUT2D eigenvalue weighted by Crippen LogP contribution is -2.01. The Balaban J connectivity index is 2.20. The van der Waals surface area contributed by atoms with E-state index in [-0.39, 0.29) is 6.04 Å². The molecule has 1 atom stereocenters. The molecule has 0 radical (unpaired) electrons. The van der Waals surface area contributed by atoms with Crippen molar-refractivity contribution < 1.29 is 4.42 Å². The predicted octanol–water partition coefficient (Wildman–Crippen LogP) is 6.17. The molecule has 3 aromatic rings. The predicted molar refractivity (Wildman–Crippen MR) is 113 cm³/mol. The SMILES string of the molecule is C=NC(C)CC(=C(C=C(C)c1cccnc1)c1ccco1)c1ccccc1. The maximum atomic E-state index is 5.79. The lowest BCUT2D eigenvalue weighted by atomic mass is 9.91. The summed E-state index contributed by atoms with van der Waals surface area (Å²) in [5.41, 5.74) is 5.62. The summed E-state index contributed by atoms with van der Waals surface area (Å²) in [6.07, 6.45) is 8.32. The third kappa shape index (κ3) is 4.70. The van der Waals surface area contributed by atoms with E-state index in [0.717, 1.165) is 34.5 Å². The van der Waals surface area contributed by atoms with Gasteiger partial charge in [0.15, 0.2) is 0 Å². The molecule has 3 heteroatoms. The fourth-order valence-electron chi connectivity index (χ4n) is 3.02. The van der Waals surface area contributed by atoms with Gasteiger partial charge in [-0.2, -0.15) is 0 Å². The summed E-state index contributed by atoms with van der Waals surface area (Å²) in [5.74, 6) is 0.841. The Morgan fingerprint density at radius 1 is 1.11 bits per heavy atom. The van der Waals surface area contributed by atoms with Crippen LogP contribution in [0.25, 0.3) is 16.7 Å². The van der Waals surface area contributed by atoms with Crippen molar-refractivity contribution in [2.24, 2.45) is 4.99 Å². The quantitative estimate of drug-likeness (QED) is 0.375. The number of furan rings is 1. The first-order chi connectivity index (χ1) is 13.2. The van der Waals surface area contributed by atoms with E-state index in [0.29, 0.717) is 0 Å². The zero-order valence-corrected chi connectivity index (χ0v) is 15.8. The molecule has 0 saturated carbocycles. The highest BCUT2D eigenvalue weighted by Crippen LogP contribution is 2.34. The molecular formula is C24H24N2O. The van der Waals surface area contributed by atoms with Crippen LogP contribution in [0.3, 0.4) is 0 Å². The maximum Gasteiger partial charge on any atom is 0.134 e. The van der Waals surface area contributed by atoms with Crippen molar-refractivity contribution in [3.8, 4) is 0 Å². The Bertz CT molecular complexity index is 923. The van der Waals surface area contributed by atoms with Crippen LogP contribution in [0.1, 0.15) is 37.2 Å². The number of hydrogen-bond donors (Lipinski definition) is 0. The zero-order chi connectivity index (χ0) is 19.1. The van der Waals surface area contributed by atoms with Crippen LogP contribution in [-0.2, 0) is 0 Å². The molecule has 3 nitrogen and oxygen atoms in total. The monoisotopic (exact) mass is 356 g/mol. The molecule has 27 heavy (non-hydrogen) atoms. The number of aromatic nitrogens is 1. The number of rotatable bonds is 7. The highest BCUT2D eigenvalue weighted by Gasteiger charge is 2.15. The molecule has 1 aromatic carbocycles. The van der Waals surface area contributed by atoms with E-state index >= 15 is 0 Å². The molecule has 0 spiro atoms. The molecule has 0 fully saturated rings. The summed E-state index contributed by atoms with van der Waals surface area (Å²) in [4.78, 5) is 8.45. The fraction of sp³-hybridized carbons (Fsp3) is 0.167. The summed E-state index contributed by atoms with van der Waals surface area (Å²) in [5, 5.41) is 0. The number of pyridine rings is 1. The standard InChI is InChI=1S/C24H24N2O/c1-18(21-11-7-13-26-17-21)15-23(24-12-8-14-27-24)22(16-19(2)25-3)20-9-5-4-6-10-20/h4-15,17,19H,3,16H2,1-2H3. The molecule has 0 saturated heterocycles. The van der Waals surface area contributed by atoms with Crippen LogP contribution in [0.2, 0.25) is 0 Å². The minimum absolute atomic E-state index is 0.109. The summed E-state index contributed by atoms with van der Waals surface area (Å²) in [6.45, 7) is 7.89. The Hall–Kier alpha value is -3.20. The van der Waals surface area contributed by atoms with Crippen molar-refractivity contribution in [1.29, 1.82) is 0 Å². The first-order valence-corrected chi connectivity index (χ1v) is 9.06. The molecule has 0 aliphatic carbocycles. The molecule has 136 valence electrons. The molecule has 0 aliphatic rings. The molecule has 0 aliphatic heterocycles. The number of benzene rings is 1. The van der Waals surface area contributed by atoms with Crippen molar-refractivity contribution in [3.63, 3.8) is 0 Å². The minimum Gasteiger partial charge on any atom is -0.464 e. The van der Waals surface area contributed by atoms with Gasteiger partial charge < -0.3 is 4.42 Å². The Labute approximate surface area is 160 Å². The summed E-state index contributed by atoms with van der Waals surface area (Å²) >= 11 is 0. The average molecular weight is 356 g/mol. The van der Waals surface area contributed by atoms with Gasteiger partial charge in [-0.25, -0.2) is 0 Å². The van der Waals surface area contributed by atoms with Crippen molar-refractivity contribution in [1.82, 2.24) is 4.98 Å². The molecule has 0 N–H and O–H groups in total. The summed E-state index contributed by atoms with van der Waals surface area (Å²) in [6, 6.07) is 18.4. The lowest BCUT2D eigenvalue weighted by Gasteiger charge is -2.16. The third-order valence-electron chi connectivity index (χ3n) is 4.52. The second kappa shape index (κ2) is 8.95. The van der Waals surface area contributed by atoms with Crippen LogP contribution in [0.5, 0.6) is 0 Å². The Kier molecular flexibility index (Phi) is 6.16.